The van der Waals surface area contributed by atoms with Crippen molar-refractivity contribution in [2.24, 2.45) is 5.92 Å². The molecular formula is C13H25NO3. The number of hydrogen-bond acceptors (Lipinski definition) is 4. The van der Waals surface area contributed by atoms with Gasteiger partial charge in [0.25, 0.3) is 0 Å². The lowest BCUT2D eigenvalue weighted by atomic mass is 10.0. The first-order valence-electron chi connectivity index (χ1n) is 6.49. The van der Waals surface area contributed by atoms with Crippen LogP contribution in [0.25, 0.3) is 0 Å². The minimum atomic E-state index is -0.209. The van der Waals surface area contributed by atoms with Crippen LogP contribution in [0.1, 0.15) is 40.0 Å². The molecule has 1 N–H and O–H groups in total. The highest BCUT2D eigenvalue weighted by Gasteiger charge is 2.25. The molecule has 1 rings (SSSR count). The van der Waals surface area contributed by atoms with Gasteiger partial charge in [-0.05, 0) is 32.1 Å². The molecule has 3 unspecified atom stereocenters. The minimum absolute atomic E-state index is 0.176. The van der Waals surface area contributed by atoms with Gasteiger partial charge in [-0.2, -0.15) is 0 Å². The molecule has 0 aliphatic carbocycles. The third-order valence-electron chi connectivity index (χ3n) is 3.10. The Morgan fingerprint density at radius 2 is 2.18 bits per heavy atom. The van der Waals surface area contributed by atoms with Gasteiger partial charge in [0.05, 0.1) is 19.3 Å². The molecule has 0 radical (unpaired) electrons. The number of esters is 1. The molecule has 0 saturated carbocycles. The Balaban J connectivity index is 2.35. The van der Waals surface area contributed by atoms with Crippen LogP contribution in [0, 0.1) is 5.92 Å². The first-order valence-corrected chi connectivity index (χ1v) is 6.49. The molecule has 0 spiro atoms. The van der Waals surface area contributed by atoms with Crippen LogP contribution in [0.4, 0.5) is 0 Å². The lowest BCUT2D eigenvalue weighted by Gasteiger charge is -2.20. The standard InChI is InChI=1S/C13H25NO3/c1-9(2)7-12(13(15)16-4)14-8-11-6-5-10(3)17-11/h9-12,14H,5-8H2,1-4H3. The van der Waals surface area contributed by atoms with E-state index in [1.165, 1.54) is 7.11 Å². The lowest BCUT2D eigenvalue weighted by Crippen LogP contribution is -2.42. The number of hydrogen-bond donors (Lipinski definition) is 1. The van der Waals surface area contributed by atoms with Crippen LogP contribution < -0.4 is 5.32 Å². The number of carbonyl (C=O) groups is 1. The van der Waals surface area contributed by atoms with Crippen LogP contribution in [-0.4, -0.2) is 37.9 Å². The maximum absolute atomic E-state index is 11.6. The Morgan fingerprint density at radius 3 is 2.65 bits per heavy atom. The van der Waals surface area contributed by atoms with Crippen molar-refractivity contribution >= 4 is 5.97 Å². The van der Waals surface area contributed by atoms with Gasteiger partial charge in [-0.1, -0.05) is 13.8 Å². The minimum Gasteiger partial charge on any atom is -0.468 e. The van der Waals surface area contributed by atoms with Gasteiger partial charge in [0.15, 0.2) is 0 Å². The van der Waals surface area contributed by atoms with E-state index in [1.54, 1.807) is 0 Å². The van der Waals surface area contributed by atoms with E-state index in [1.807, 2.05) is 0 Å². The first kappa shape index (κ1) is 14.5. The second-order valence-electron chi connectivity index (χ2n) is 5.26. The van der Waals surface area contributed by atoms with E-state index in [2.05, 4.69) is 26.1 Å². The Hall–Kier alpha value is -0.610. The van der Waals surface area contributed by atoms with Crippen molar-refractivity contribution in [2.75, 3.05) is 13.7 Å². The van der Waals surface area contributed by atoms with Gasteiger partial charge in [0, 0.05) is 6.54 Å². The van der Waals surface area contributed by atoms with Crippen molar-refractivity contribution in [1.29, 1.82) is 0 Å². The summed E-state index contributed by atoms with van der Waals surface area (Å²) in [4.78, 5) is 11.6. The molecule has 3 atom stereocenters. The Kier molecular flexibility index (Phi) is 5.92. The molecule has 4 heteroatoms. The smallest absolute Gasteiger partial charge is 0.322 e. The summed E-state index contributed by atoms with van der Waals surface area (Å²) >= 11 is 0. The van der Waals surface area contributed by atoms with Gasteiger partial charge >= 0.3 is 5.97 Å². The van der Waals surface area contributed by atoms with Gasteiger partial charge in [-0.25, -0.2) is 0 Å². The topological polar surface area (TPSA) is 47.6 Å². The van der Waals surface area contributed by atoms with Crippen molar-refractivity contribution in [3.63, 3.8) is 0 Å². The molecule has 0 aromatic carbocycles. The summed E-state index contributed by atoms with van der Waals surface area (Å²) in [5.74, 6) is 0.291. The SMILES string of the molecule is COC(=O)C(CC(C)C)NCC1CCC(C)O1. The van der Waals surface area contributed by atoms with Crippen molar-refractivity contribution in [1.82, 2.24) is 5.32 Å². The van der Waals surface area contributed by atoms with Gasteiger partial charge in [-0.15, -0.1) is 0 Å². The summed E-state index contributed by atoms with van der Waals surface area (Å²) in [6.45, 7) is 7.03. The van der Waals surface area contributed by atoms with Crippen LogP contribution in [-0.2, 0) is 14.3 Å². The van der Waals surface area contributed by atoms with Gasteiger partial charge in [0.2, 0.25) is 0 Å². The second-order valence-corrected chi connectivity index (χ2v) is 5.26. The summed E-state index contributed by atoms with van der Waals surface area (Å²) in [6.07, 6.45) is 3.57. The van der Waals surface area contributed by atoms with E-state index in [0.29, 0.717) is 12.0 Å². The molecule has 1 heterocycles. The average molecular weight is 243 g/mol. The van der Waals surface area contributed by atoms with Crippen LogP contribution in [0.5, 0.6) is 0 Å². The normalized spacial score (nSPS) is 26.2. The molecular weight excluding hydrogens is 218 g/mol. The molecule has 1 fully saturated rings. The molecule has 0 amide bonds. The molecule has 17 heavy (non-hydrogen) atoms. The van der Waals surface area contributed by atoms with Gasteiger partial charge < -0.3 is 14.8 Å². The zero-order chi connectivity index (χ0) is 12.8. The molecule has 1 aliphatic heterocycles. The fourth-order valence-electron chi connectivity index (χ4n) is 2.19. The third kappa shape index (κ3) is 5.04. The van der Waals surface area contributed by atoms with E-state index in [4.69, 9.17) is 9.47 Å². The quantitative estimate of drug-likeness (QED) is 0.722. The highest BCUT2D eigenvalue weighted by atomic mass is 16.5. The lowest BCUT2D eigenvalue weighted by molar-refractivity contribution is -0.143. The summed E-state index contributed by atoms with van der Waals surface area (Å²) in [5, 5.41) is 3.26. The zero-order valence-electron chi connectivity index (χ0n) is 11.4. The molecule has 1 aliphatic rings. The van der Waals surface area contributed by atoms with Gasteiger partial charge in [0.1, 0.15) is 6.04 Å². The number of methoxy groups -OCH3 is 1. The van der Waals surface area contributed by atoms with E-state index >= 15 is 0 Å². The third-order valence-corrected chi connectivity index (χ3v) is 3.10. The van der Waals surface area contributed by atoms with Crippen molar-refractivity contribution in [3.8, 4) is 0 Å². The van der Waals surface area contributed by atoms with E-state index < -0.39 is 0 Å². The van der Waals surface area contributed by atoms with Gasteiger partial charge in [-0.3, -0.25) is 4.79 Å². The van der Waals surface area contributed by atoms with Crippen molar-refractivity contribution < 1.29 is 14.3 Å². The Morgan fingerprint density at radius 1 is 1.47 bits per heavy atom. The largest absolute Gasteiger partial charge is 0.468 e. The first-order chi connectivity index (χ1) is 8.02. The van der Waals surface area contributed by atoms with Crippen LogP contribution in [0.3, 0.4) is 0 Å². The Bertz CT molecular complexity index is 243. The monoisotopic (exact) mass is 243 g/mol. The molecule has 0 bridgehead atoms. The summed E-state index contributed by atoms with van der Waals surface area (Å²) in [7, 11) is 1.44. The molecule has 100 valence electrons. The highest BCUT2D eigenvalue weighted by Crippen LogP contribution is 2.18. The van der Waals surface area contributed by atoms with Crippen LogP contribution >= 0.6 is 0 Å². The Labute approximate surface area is 104 Å². The highest BCUT2D eigenvalue weighted by molar-refractivity contribution is 5.75. The zero-order valence-corrected chi connectivity index (χ0v) is 11.4. The molecule has 0 aromatic heterocycles. The number of nitrogens with one attached hydrogen (secondary N) is 1. The van der Waals surface area contributed by atoms with Crippen molar-refractivity contribution in [2.45, 2.75) is 58.3 Å². The predicted molar refractivity (Wildman–Crippen MR) is 66.8 cm³/mol. The number of carbonyl (C=O) groups excluding carboxylic acids is 1. The molecule has 1 saturated heterocycles. The maximum Gasteiger partial charge on any atom is 0.322 e. The maximum atomic E-state index is 11.6. The van der Waals surface area contributed by atoms with Crippen LogP contribution in [0.2, 0.25) is 0 Å². The fourth-order valence-corrected chi connectivity index (χ4v) is 2.19. The van der Waals surface area contributed by atoms with E-state index in [0.717, 1.165) is 25.8 Å². The van der Waals surface area contributed by atoms with Crippen LogP contribution in [0.15, 0.2) is 0 Å². The molecule has 0 aromatic rings. The van der Waals surface area contributed by atoms with Crippen molar-refractivity contribution in [3.05, 3.63) is 0 Å². The molecule has 4 nitrogen and oxygen atoms in total. The second kappa shape index (κ2) is 6.97. The predicted octanol–water partition coefficient (Wildman–Crippen LogP) is 1.73. The number of ether oxygens (including phenoxy) is 2. The number of rotatable bonds is 6. The fraction of sp³-hybridized carbons (Fsp3) is 0.923. The summed E-state index contributed by atoms with van der Waals surface area (Å²) in [5.41, 5.74) is 0. The van der Waals surface area contributed by atoms with E-state index in [-0.39, 0.29) is 18.1 Å². The average Bonchev–Trinajstić information content (AvgIpc) is 2.68. The van der Waals surface area contributed by atoms with E-state index in [9.17, 15) is 4.79 Å². The summed E-state index contributed by atoms with van der Waals surface area (Å²) in [6, 6.07) is -0.209. The summed E-state index contributed by atoms with van der Waals surface area (Å²) < 4.78 is 10.5.